The van der Waals surface area contributed by atoms with Gasteiger partial charge in [-0.1, -0.05) is 206 Å². The van der Waals surface area contributed by atoms with Crippen LogP contribution in [0.25, 0.3) is 0 Å². The van der Waals surface area contributed by atoms with Gasteiger partial charge in [0.05, 0.1) is 0 Å². The van der Waals surface area contributed by atoms with Gasteiger partial charge in [-0.15, -0.1) is 0 Å². The highest BCUT2D eigenvalue weighted by Gasteiger charge is 2.19. The SMILES string of the molecule is CC\C=C/C=C\C=C/C=C\C=C/CCCCCC(=O)OC(COC(=O)CCCCCCC/C=C\CCCCC)COC(=O)CCCCCCCC/C=C\C/C=C\C/C=C\C/C=C\CC. The Kier molecular flexibility index (Phi) is 48.1. The third-order valence-corrected chi connectivity index (χ3v) is 10.3. The van der Waals surface area contributed by atoms with Gasteiger partial charge in [-0.05, 0) is 103 Å². The van der Waals surface area contributed by atoms with E-state index in [9.17, 15) is 14.4 Å². The first-order valence-electron chi connectivity index (χ1n) is 25.6. The lowest BCUT2D eigenvalue weighted by Gasteiger charge is -2.18. The van der Waals surface area contributed by atoms with Gasteiger partial charge >= 0.3 is 17.9 Å². The molecule has 6 heteroatoms. The van der Waals surface area contributed by atoms with Crippen LogP contribution < -0.4 is 0 Å². The number of hydrogen-bond donors (Lipinski definition) is 0. The first kappa shape index (κ1) is 59.8. The summed E-state index contributed by atoms with van der Waals surface area (Å²) in [5.41, 5.74) is 0. The van der Waals surface area contributed by atoms with E-state index >= 15 is 0 Å². The number of ether oxygens (including phenoxy) is 3. The lowest BCUT2D eigenvalue weighted by Crippen LogP contribution is -2.30. The van der Waals surface area contributed by atoms with Gasteiger partial charge in [0.2, 0.25) is 0 Å². The van der Waals surface area contributed by atoms with E-state index in [1.54, 1.807) is 0 Å². The molecule has 0 fully saturated rings. The van der Waals surface area contributed by atoms with Crippen LogP contribution in [-0.4, -0.2) is 37.2 Å². The summed E-state index contributed by atoms with van der Waals surface area (Å²) < 4.78 is 16.7. The molecule has 0 N–H and O–H groups in total. The Morgan fingerprint density at radius 1 is 0.344 bits per heavy atom. The van der Waals surface area contributed by atoms with Crippen molar-refractivity contribution >= 4 is 17.9 Å². The summed E-state index contributed by atoms with van der Waals surface area (Å²) in [5, 5.41) is 0. The molecule has 1 atom stereocenters. The lowest BCUT2D eigenvalue weighted by atomic mass is 10.1. The molecule has 0 rings (SSSR count). The highest BCUT2D eigenvalue weighted by molar-refractivity contribution is 5.71. The van der Waals surface area contributed by atoms with Gasteiger partial charge < -0.3 is 14.2 Å². The molecule has 0 amide bonds. The number of carbonyl (C=O) groups excluding carboxylic acids is 3. The molecule has 0 saturated heterocycles. The number of hydrogen-bond acceptors (Lipinski definition) is 6. The van der Waals surface area contributed by atoms with Crippen molar-refractivity contribution in [3.63, 3.8) is 0 Å². The molecule has 0 aromatic carbocycles. The van der Waals surface area contributed by atoms with Gasteiger partial charge in [0.25, 0.3) is 0 Å². The first-order valence-corrected chi connectivity index (χ1v) is 25.6. The second-order valence-electron chi connectivity index (χ2n) is 16.4. The number of rotatable bonds is 44. The molecule has 0 aliphatic rings. The maximum absolute atomic E-state index is 12.8. The van der Waals surface area contributed by atoms with Crippen LogP contribution in [0.3, 0.4) is 0 Å². The summed E-state index contributed by atoms with van der Waals surface area (Å²) >= 11 is 0. The average molecular weight is 885 g/mol. The van der Waals surface area contributed by atoms with Gasteiger partial charge in [-0.25, -0.2) is 0 Å². The largest absolute Gasteiger partial charge is 0.462 e. The molecule has 0 bridgehead atoms. The molecular formula is C58H92O6. The fourth-order valence-electron chi connectivity index (χ4n) is 6.51. The Bertz CT molecular complexity index is 1390. The number of carbonyl (C=O) groups is 3. The van der Waals surface area contributed by atoms with Gasteiger partial charge in [0, 0.05) is 19.3 Å². The minimum absolute atomic E-state index is 0.108. The van der Waals surface area contributed by atoms with Crippen LogP contribution in [0.4, 0.5) is 0 Å². The van der Waals surface area contributed by atoms with Crippen LogP contribution in [-0.2, 0) is 28.6 Å². The van der Waals surface area contributed by atoms with Crippen LogP contribution >= 0.6 is 0 Å². The van der Waals surface area contributed by atoms with Crippen molar-refractivity contribution < 1.29 is 28.6 Å². The smallest absolute Gasteiger partial charge is 0.306 e. The predicted molar refractivity (Wildman–Crippen MR) is 274 cm³/mol. The van der Waals surface area contributed by atoms with E-state index in [4.69, 9.17) is 14.2 Å². The van der Waals surface area contributed by atoms with Crippen LogP contribution in [0.2, 0.25) is 0 Å². The van der Waals surface area contributed by atoms with Gasteiger partial charge in [0.1, 0.15) is 13.2 Å². The summed E-state index contributed by atoms with van der Waals surface area (Å²) in [7, 11) is 0. The molecule has 0 radical (unpaired) electrons. The fraction of sp³-hybridized carbons (Fsp3) is 0.603. The summed E-state index contributed by atoms with van der Waals surface area (Å²) in [6.07, 6.45) is 70.3. The summed E-state index contributed by atoms with van der Waals surface area (Å²) in [5.74, 6) is -0.981. The predicted octanol–water partition coefficient (Wildman–Crippen LogP) is 16.9. The van der Waals surface area contributed by atoms with E-state index in [0.29, 0.717) is 19.3 Å². The van der Waals surface area contributed by atoms with Crippen LogP contribution in [0.1, 0.15) is 207 Å². The monoisotopic (exact) mass is 885 g/mol. The van der Waals surface area contributed by atoms with E-state index in [1.165, 1.54) is 44.9 Å². The molecule has 6 nitrogen and oxygen atoms in total. The van der Waals surface area contributed by atoms with Gasteiger partial charge in [-0.2, -0.15) is 0 Å². The Labute approximate surface area is 392 Å². The Morgan fingerprint density at radius 3 is 1.17 bits per heavy atom. The zero-order valence-corrected chi connectivity index (χ0v) is 41.0. The molecule has 0 saturated carbocycles. The lowest BCUT2D eigenvalue weighted by molar-refractivity contribution is -0.167. The maximum Gasteiger partial charge on any atom is 0.306 e. The molecule has 0 aliphatic carbocycles. The summed E-state index contributed by atoms with van der Waals surface area (Å²) in [4.78, 5) is 38.0. The standard InChI is InChI=1S/C58H92O6/c1-4-7-10-13-16-19-22-25-27-28-29-30-32-33-36-39-42-45-48-51-57(60)63-54-55(53-62-56(59)50-47-44-41-38-35-24-21-18-15-12-9-6-3)64-58(61)52-49-46-43-40-37-34-31-26-23-20-17-14-11-8-5-2/h7-8,10-11,14,16-21,23,25-27,29-31,34,37,55H,4-6,9,12-13,15,22,24,28,32-33,35-36,38-54H2,1-3H3/b10-7-,11-8-,17-14-,19-16-,21-18-,23-20-,27-25-,30-29-,31-26-,37-34-. The van der Waals surface area contributed by atoms with Crippen molar-refractivity contribution in [2.75, 3.05) is 13.2 Å². The Hall–Kier alpha value is -4.19. The quantitative estimate of drug-likeness (QED) is 0.0199. The summed E-state index contributed by atoms with van der Waals surface area (Å²) in [6, 6.07) is 0. The van der Waals surface area contributed by atoms with E-state index < -0.39 is 6.10 Å². The second-order valence-corrected chi connectivity index (χ2v) is 16.4. The van der Waals surface area contributed by atoms with Crippen molar-refractivity contribution in [1.82, 2.24) is 0 Å². The van der Waals surface area contributed by atoms with Crippen molar-refractivity contribution in [3.8, 4) is 0 Å². The first-order chi connectivity index (χ1) is 31.5. The minimum Gasteiger partial charge on any atom is -0.462 e. The van der Waals surface area contributed by atoms with Gasteiger partial charge in [0.15, 0.2) is 6.10 Å². The van der Waals surface area contributed by atoms with Crippen LogP contribution in [0.15, 0.2) is 122 Å². The third kappa shape index (κ3) is 48.8. The minimum atomic E-state index is -0.812. The van der Waals surface area contributed by atoms with Crippen LogP contribution in [0.5, 0.6) is 0 Å². The average Bonchev–Trinajstić information content (AvgIpc) is 3.29. The molecule has 64 heavy (non-hydrogen) atoms. The molecule has 0 aromatic rings. The Morgan fingerprint density at radius 2 is 0.688 bits per heavy atom. The molecular weight excluding hydrogens is 793 g/mol. The van der Waals surface area contributed by atoms with Gasteiger partial charge in [-0.3, -0.25) is 14.4 Å². The molecule has 0 aromatic heterocycles. The van der Waals surface area contributed by atoms with Crippen molar-refractivity contribution in [2.24, 2.45) is 0 Å². The topological polar surface area (TPSA) is 78.9 Å². The highest BCUT2D eigenvalue weighted by Crippen LogP contribution is 2.13. The molecule has 0 aliphatic heterocycles. The molecule has 360 valence electrons. The second kappa shape index (κ2) is 51.4. The van der Waals surface area contributed by atoms with E-state index in [-0.39, 0.29) is 37.5 Å². The zero-order valence-electron chi connectivity index (χ0n) is 41.0. The van der Waals surface area contributed by atoms with E-state index in [0.717, 1.165) is 116 Å². The zero-order chi connectivity index (χ0) is 46.5. The third-order valence-electron chi connectivity index (χ3n) is 10.3. The molecule has 0 heterocycles. The van der Waals surface area contributed by atoms with E-state index in [1.807, 2.05) is 48.6 Å². The fourth-order valence-corrected chi connectivity index (χ4v) is 6.51. The molecule has 1 unspecified atom stereocenters. The van der Waals surface area contributed by atoms with E-state index in [2.05, 4.69) is 93.7 Å². The summed E-state index contributed by atoms with van der Waals surface area (Å²) in [6.45, 7) is 6.28. The number of esters is 3. The maximum atomic E-state index is 12.8. The normalized spacial score (nSPS) is 13.1. The van der Waals surface area contributed by atoms with Crippen molar-refractivity contribution in [2.45, 2.75) is 213 Å². The Balaban J connectivity index is 4.50. The number of unbranched alkanes of at least 4 members (excludes halogenated alkanes) is 17. The van der Waals surface area contributed by atoms with Crippen molar-refractivity contribution in [1.29, 1.82) is 0 Å². The highest BCUT2D eigenvalue weighted by atomic mass is 16.6. The van der Waals surface area contributed by atoms with Crippen LogP contribution in [0, 0.1) is 0 Å². The van der Waals surface area contributed by atoms with Crippen molar-refractivity contribution in [3.05, 3.63) is 122 Å². The number of allylic oxidation sites excluding steroid dienone is 20. The molecule has 0 spiro atoms.